The first-order valence-electron chi connectivity index (χ1n) is 6.53. The number of nitrogens with one attached hydrogen (secondary N) is 1. The quantitative estimate of drug-likeness (QED) is 0.925. The SMILES string of the molecule is Cc1nc(Cc2ccc(Br)cc2)nc2c1CNCC2. The molecule has 0 spiro atoms. The highest BCUT2D eigenvalue weighted by atomic mass is 79.9. The lowest BCUT2D eigenvalue weighted by Gasteiger charge is -2.18. The summed E-state index contributed by atoms with van der Waals surface area (Å²) in [5.74, 6) is 0.931. The van der Waals surface area contributed by atoms with Crippen molar-refractivity contribution in [2.24, 2.45) is 0 Å². The molecule has 0 saturated carbocycles. The van der Waals surface area contributed by atoms with Gasteiger partial charge in [-0.1, -0.05) is 28.1 Å². The van der Waals surface area contributed by atoms with E-state index in [1.54, 1.807) is 0 Å². The van der Waals surface area contributed by atoms with Gasteiger partial charge in [0, 0.05) is 41.7 Å². The van der Waals surface area contributed by atoms with Gasteiger partial charge in [-0.2, -0.15) is 0 Å². The Kier molecular flexibility index (Phi) is 3.62. The second-order valence-electron chi connectivity index (χ2n) is 4.88. The normalized spacial score (nSPS) is 14.2. The molecule has 0 fully saturated rings. The Balaban J connectivity index is 1.89. The molecule has 0 unspecified atom stereocenters. The maximum absolute atomic E-state index is 4.73. The molecular formula is C15H16BrN3. The van der Waals surface area contributed by atoms with E-state index in [0.717, 1.165) is 41.9 Å². The third-order valence-corrected chi connectivity index (χ3v) is 3.99. The minimum absolute atomic E-state index is 0.800. The van der Waals surface area contributed by atoms with Crippen LogP contribution in [0.3, 0.4) is 0 Å². The van der Waals surface area contributed by atoms with Crippen LogP contribution in [0.15, 0.2) is 28.7 Å². The standard InChI is InChI=1S/C15H16BrN3/c1-10-13-9-17-7-6-14(13)19-15(18-10)8-11-2-4-12(16)5-3-11/h2-5,17H,6-9H2,1H3. The minimum Gasteiger partial charge on any atom is -0.312 e. The van der Waals surface area contributed by atoms with E-state index in [0.29, 0.717) is 0 Å². The van der Waals surface area contributed by atoms with Gasteiger partial charge in [-0.25, -0.2) is 9.97 Å². The molecule has 98 valence electrons. The minimum atomic E-state index is 0.800. The van der Waals surface area contributed by atoms with Crippen molar-refractivity contribution < 1.29 is 0 Å². The zero-order chi connectivity index (χ0) is 13.2. The van der Waals surface area contributed by atoms with Gasteiger partial charge in [0.05, 0.1) is 5.69 Å². The zero-order valence-electron chi connectivity index (χ0n) is 10.9. The maximum Gasteiger partial charge on any atom is 0.133 e. The molecule has 19 heavy (non-hydrogen) atoms. The summed E-state index contributed by atoms with van der Waals surface area (Å²) in [7, 11) is 0. The number of rotatable bonds is 2. The van der Waals surface area contributed by atoms with Crippen LogP contribution in [0, 0.1) is 6.92 Å². The largest absolute Gasteiger partial charge is 0.312 e. The lowest BCUT2D eigenvalue weighted by molar-refractivity contribution is 0.615. The molecule has 0 amide bonds. The van der Waals surface area contributed by atoms with E-state index in [9.17, 15) is 0 Å². The molecule has 3 nitrogen and oxygen atoms in total. The Morgan fingerprint density at radius 2 is 2.00 bits per heavy atom. The van der Waals surface area contributed by atoms with Crippen LogP contribution >= 0.6 is 15.9 Å². The van der Waals surface area contributed by atoms with E-state index in [-0.39, 0.29) is 0 Å². The highest BCUT2D eigenvalue weighted by molar-refractivity contribution is 9.10. The van der Waals surface area contributed by atoms with Crippen LogP contribution in [0.1, 0.15) is 28.3 Å². The fraction of sp³-hybridized carbons (Fsp3) is 0.333. The molecule has 1 aliphatic heterocycles. The third-order valence-electron chi connectivity index (χ3n) is 3.46. The van der Waals surface area contributed by atoms with Gasteiger partial charge in [-0.3, -0.25) is 0 Å². The molecule has 1 N–H and O–H groups in total. The van der Waals surface area contributed by atoms with Gasteiger partial charge in [0.2, 0.25) is 0 Å². The molecule has 0 saturated heterocycles. The highest BCUT2D eigenvalue weighted by Gasteiger charge is 2.15. The molecule has 0 bridgehead atoms. The van der Waals surface area contributed by atoms with Crippen LogP contribution in [0.5, 0.6) is 0 Å². The molecule has 4 heteroatoms. The van der Waals surface area contributed by atoms with E-state index in [4.69, 9.17) is 4.98 Å². The smallest absolute Gasteiger partial charge is 0.133 e. The van der Waals surface area contributed by atoms with E-state index in [1.807, 2.05) is 0 Å². The summed E-state index contributed by atoms with van der Waals surface area (Å²) in [5, 5.41) is 3.37. The average Bonchev–Trinajstić information content (AvgIpc) is 2.42. The topological polar surface area (TPSA) is 37.8 Å². The van der Waals surface area contributed by atoms with Crippen molar-refractivity contribution in [1.82, 2.24) is 15.3 Å². The zero-order valence-corrected chi connectivity index (χ0v) is 12.5. The molecule has 1 aliphatic rings. The number of fused-ring (bicyclic) bond motifs is 1. The van der Waals surface area contributed by atoms with Crippen molar-refractivity contribution in [3.05, 3.63) is 57.1 Å². The Hall–Kier alpha value is -1.26. The number of hydrogen-bond acceptors (Lipinski definition) is 3. The summed E-state index contributed by atoms with van der Waals surface area (Å²) in [6.07, 6.45) is 1.81. The van der Waals surface area contributed by atoms with Gasteiger partial charge >= 0.3 is 0 Å². The summed E-state index contributed by atoms with van der Waals surface area (Å²) in [5.41, 5.74) is 4.87. The first-order chi connectivity index (χ1) is 9.22. The Morgan fingerprint density at radius 3 is 2.79 bits per heavy atom. The van der Waals surface area contributed by atoms with Crippen LogP contribution in [0.2, 0.25) is 0 Å². The van der Waals surface area contributed by atoms with Crippen molar-refractivity contribution in [3.63, 3.8) is 0 Å². The molecule has 0 atom stereocenters. The lowest BCUT2D eigenvalue weighted by atomic mass is 10.1. The number of hydrogen-bond donors (Lipinski definition) is 1. The number of aromatic nitrogens is 2. The van der Waals surface area contributed by atoms with Crippen LogP contribution in [-0.4, -0.2) is 16.5 Å². The van der Waals surface area contributed by atoms with Crippen molar-refractivity contribution in [1.29, 1.82) is 0 Å². The molecule has 1 aromatic heterocycles. The van der Waals surface area contributed by atoms with E-state index in [2.05, 4.69) is 57.4 Å². The number of aryl methyl sites for hydroxylation is 1. The van der Waals surface area contributed by atoms with Crippen LogP contribution < -0.4 is 5.32 Å². The lowest BCUT2D eigenvalue weighted by Crippen LogP contribution is -2.26. The van der Waals surface area contributed by atoms with Gasteiger partial charge in [0.1, 0.15) is 5.82 Å². The Bertz CT molecular complexity index is 593. The number of halogens is 1. The fourth-order valence-corrected chi connectivity index (χ4v) is 2.70. The third kappa shape index (κ3) is 2.85. The predicted octanol–water partition coefficient (Wildman–Crippen LogP) is 2.78. The maximum atomic E-state index is 4.73. The summed E-state index contributed by atoms with van der Waals surface area (Å²) in [6, 6.07) is 8.35. The first-order valence-corrected chi connectivity index (χ1v) is 7.32. The Labute approximate surface area is 121 Å². The number of nitrogens with zero attached hydrogens (tertiary/aromatic N) is 2. The predicted molar refractivity (Wildman–Crippen MR) is 79.1 cm³/mol. The Morgan fingerprint density at radius 1 is 1.21 bits per heavy atom. The molecule has 1 aromatic carbocycles. The second-order valence-corrected chi connectivity index (χ2v) is 5.80. The monoisotopic (exact) mass is 317 g/mol. The van der Waals surface area contributed by atoms with Crippen molar-refractivity contribution in [2.45, 2.75) is 26.3 Å². The van der Waals surface area contributed by atoms with Gasteiger partial charge < -0.3 is 5.32 Å². The van der Waals surface area contributed by atoms with Crippen LogP contribution in [0.4, 0.5) is 0 Å². The molecule has 3 rings (SSSR count). The van der Waals surface area contributed by atoms with Crippen LogP contribution in [0.25, 0.3) is 0 Å². The summed E-state index contributed by atoms with van der Waals surface area (Å²) in [6.45, 7) is 4.00. The first kappa shape index (κ1) is 12.8. The molecule has 0 aliphatic carbocycles. The van der Waals surface area contributed by atoms with E-state index < -0.39 is 0 Å². The van der Waals surface area contributed by atoms with E-state index >= 15 is 0 Å². The second kappa shape index (κ2) is 5.39. The summed E-state index contributed by atoms with van der Waals surface area (Å²) < 4.78 is 1.10. The van der Waals surface area contributed by atoms with Gasteiger partial charge in [0.25, 0.3) is 0 Å². The summed E-state index contributed by atoms with van der Waals surface area (Å²) in [4.78, 5) is 9.37. The molecule has 0 radical (unpaired) electrons. The molecule has 2 heterocycles. The molecule has 2 aromatic rings. The fourth-order valence-electron chi connectivity index (χ4n) is 2.44. The van der Waals surface area contributed by atoms with Gasteiger partial charge in [-0.05, 0) is 24.6 Å². The van der Waals surface area contributed by atoms with Crippen molar-refractivity contribution in [2.75, 3.05) is 6.54 Å². The van der Waals surface area contributed by atoms with Crippen molar-refractivity contribution >= 4 is 15.9 Å². The van der Waals surface area contributed by atoms with Gasteiger partial charge in [0.15, 0.2) is 0 Å². The van der Waals surface area contributed by atoms with E-state index in [1.165, 1.54) is 16.8 Å². The number of benzene rings is 1. The molecular weight excluding hydrogens is 302 g/mol. The van der Waals surface area contributed by atoms with Gasteiger partial charge in [-0.15, -0.1) is 0 Å². The van der Waals surface area contributed by atoms with Crippen LogP contribution in [-0.2, 0) is 19.4 Å². The van der Waals surface area contributed by atoms with Crippen molar-refractivity contribution in [3.8, 4) is 0 Å². The average molecular weight is 318 g/mol. The highest BCUT2D eigenvalue weighted by Crippen LogP contribution is 2.17. The summed E-state index contributed by atoms with van der Waals surface area (Å²) >= 11 is 3.45.